The van der Waals surface area contributed by atoms with E-state index < -0.39 is 23.3 Å². The lowest BCUT2D eigenvalue weighted by Crippen LogP contribution is -2.67. The lowest BCUT2D eigenvalue weighted by atomic mass is 9.75. The molecule has 0 radical (unpaired) electrons. The quantitative estimate of drug-likeness (QED) is 0.415. The molecule has 1 N–H and O–H groups in total. The van der Waals surface area contributed by atoms with E-state index in [0.29, 0.717) is 36.7 Å². The Balaban J connectivity index is 1.38. The van der Waals surface area contributed by atoms with E-state index in [2.05, 4.69) is 10.2 Å². The molecule has 6 rings (SSSR count). The van der Waals surface area contributed by atoms with Crippen molar-refractivity contribution in [3.05, 3.63) is 93.9 Å². The Morgan fingerprint density at radius 2 is 1.71 bits per heavy atom. The number of carbonyl (C=O) groups excluding carboxylic acids is 3. The highest BCUT2D eigenvalue weighted by atomic mass is 16.5. The number of nitrogens with one attached hydrogen (secondary N) is 1. The number of pyridine rings is 1. The predicted octanol–water partition coefficient (Wildman–Crippen LogP) is 2.79. The molecule has 2 saturated heterocycles. The molecule has 218 valence electrons. The van der Waals surface area contributed by atoms with E-state index in [-0.39, 0.29) is 36.9 Å². The fourth-order valence-corrected chi connectivity index (χ4v) is 6.82. The van der Waals surface area contributed by atoms with Gasteiger partial charge in [-0.2, -0.15) is 0 Å². The first-order chi connectivity index (χ1) is 20.3. The van der Waals surface area contributed by atoms with E-state index in [4.69, 9.17) is 9.47 Å². The molecule has 10 heteroatoms. The molecule has 2 unspecified atom stereocenters. The fraction of sp³-hybridized carbons (Fsp3) is 0.375. The van der Waals surface area contributed by atoms with E-state index >= 15 is 0 Å². The van der Waals surface area contributed by atoms with Crippen LogP contribution in [-0.2, 0) is 29.1 Å². The van der Waals surface area contributed by atoms with Gasteiger partial charge in [0.2, 0.25) is 11.8 Å². The molecule has 1 aromatic heterocycles. The molecule has 4 heterocycles. The van der Waals surface area contributed by atoms with Crippen LogP contribution in [0.1, 0.15) is 29.2 Å². The zero-order valence-electron chi connectivity index (χ0n) is 23.7. The van der Waals surface area contributed by atoms with Gasteiger partial charge < -0.3 is 18.9 Å². The molecule has 3 aromatic rings. The third kappa shape index (κ3) is 4.96. The van der Waals surface area contributed by atoms with Crippen molar-refractivity contribution >= 4 is 17.8 Å². The van der Waals surface area contributed by atoms with Crippen LogP contribution in [0.3, 0.4) is 0 Å². The van der Waals surface area contributed by atoms with Gasteiger partial charge >= 0.3 is 6.03 Å². The summed E-state index contributed by atoms with van der Waals surface area (Å²) in [5.41, 5.74) is 0.822. The van der Waals surface area contributed by atoms with Crippen molar-refractivity contribution < 1.29 is 23.9 Å². The number of rotatable bonds is 8. The molecule has 42 heavy (non-hydrogen) atoms. The number of nitrogens with zero attached hydrogens (tertiary/aromatic N) is 3. The van der Waals surface area contributed by atoms with Crippen molar-refractivity contribution in [1.29, 1.82) is 0 Å². The molecule has 2 aromatic carbocycles. The third-order valence-electron chi connectivity index (χ3n) is 8.77. The number of urea groups is 1. The molecule has 0 spiro atoms. The van der Waals surface area contributed by atoms with Gasteiger partial charge in [0.15, 0.2) is 0 Å². The Bertz CT molecular complexity index is 1590. The Hall–Kier alpha value is -4.44. The van der Waals surface area contributed by atoms with Crippen molar-refractivity contribution in [3.63, 3.8) is 0 Å². The predicted molar refractivity (Wildman–Crippen MR) is 154 cm³/mol. The number of imide groups is 2. The van der Waals surface area contributed by atoms with Crippen molar-refractivity contribution in [2.75, 3.05) is 33.9 Å². The van der Waals surface area contributed by atoms with E-state index in [1.165, 1.54) is 7.11 Å². The van der Waals surface area contributed by atoms with Crippen LogP contribution in [0.15, 0.2) is 71.5 Å². The number of ether oxygens (including phenoxy) is 2. The number of aromatic nitrogens is 1. The van der Waals surface area contributed by atoms with Gasteiger partial charge in [0.1, 0.15) is 16.9 Å². The number of barbiturate groups is 1. The summed E-state index contributed by atoms with van der Waals surface area (Å²) in [6, 6.07) is 19.2. The average molecular weight is 571 g/mol. The number of likely N-dealkylation sites (tertiary alicyclic amines) is 1. The second-order valence-corrected chi connectivity index (χ2v) is 11.5. The summed E-state index contributed by atoms with van der Waals surface area (Å²) >= 11 is 0. The van der Waals surface area contributed by atoms with Gasteiger partial charge in [0.25, 0.3) is 5.56 Å². The van der Waals surface area contributed by atoms with E-state index in [0.717, 1.165) is 22.6 Å². The van der Waals surface area contributed by atoms with Gasteiger partial charge in [-0.25, -0.2) is 4.79 Å². The minimum atomic E-state index is -1.59. The smallest absolute Gasteiger partial charge is 0.331 e. The summed E-state index contributed by atoms with van der Waals surface area (Å²) in [5.74, 6) is 0.222. The van der Waals surface area contributed by atoms with Gasteiger partial charge in [-0.15, -0.1) is 0 Å². The van der Waals surface area contributed by atoms with Gasteiger partial charge in [-0.1, -0.05) is 42.5 Å². The first-order valence-corrected chi connectivity index (χ1v) is 14.2. The summed E-state index contributed by atoms with van der Waals surface area (Å²) < 4.78 is 12.8. The van der Waals surface area contributed by atoms with E-state index in [1.54, 1.807) is 37.4 Å². The van der Waals surface area contributed by atoms with Crippen LogP contribution in [0.5, 0.6) is 11.5 Å². The highest BCUT2D eigenvalue weighted by molar-refractivity contribution is 6.19. The summed E-state index contributed by atoms with van der Waals surface area (Å²) in [6.45, 7) is 1.98. The maximum Gasteiger partial charge on any atom is 0.331 e. The number of benzene rings is 2. The van der Waals surface area contributed by atoms with Crippen LogP contribution in [-0.4, -0.2) is 66.1 Å². The van der Waals surface area contributed by atoms with Crippen molar-refractivity contribution in [1.82, 2.24) is 19.7 Å². The highest BCUT2D eigenvalue weighted by Gasteiger charge is 2.55. The van der Waals surface area contributed by atoms with Crippen LogP contribution >= 0.6 is 0 Å². The topological polar surface area (TPSA) is 110 Å². The van der Waals surface area contributed by atoms with E-state index in [1.807, 2.05) is 41.0 Å². The van der Waals surface area contributed by atoms with Crippen LogP contribution in [0, 0.1) is 11.3 Å². The number of amides is 4. The van der Waals surface area contributed by atoms with Crippen molar-refractivity contribution in [2.45, 2.75) is 31.8 Å². The normalized spacial score (nSPS) is 23.8. The van der Waals surface area contributed by atoms with Gasteiger partial charge in [0, 0.05) is 56.3 Å². The Kier molecular flexibility index (Phi) is 7.32. The molecule has 3 atom stereocenters. The standard InChI is InChI=1S/C32H34N4O6/c1-41-25-12-11-23(27(14-25)42-2)15-32(29(38)33-31(40)36(30(32)39)17-21-7-4-3-5-8-21)20-34-16-22-13-24(19-34)26-9-6-10-28(37)35(26)18-22/h3-12,14,22,24H,13,15-20H2,1-2H3,(H,33,38,40)/t22?,24-,32?/m0/s1. The summed E-state index contributed by atoms with van der Waals surface area (Å²) in [5, 5.41) is 2.50. The average Bonchev–Trinajstić information content (AvgIpc) is 2.99. The zero-order valence-corrected chi connectivity index (χ0v) is 23.7. The highest BCUT2D eigenvalue weighted by Crippen LogP contribution is 2.40. The first-order valence-electron chi connectivity index (χ1n) is 14.2. The second-order valence-electron chi connectivity index (χ2n) is 11.5. The minimum absolute atomic E-state index is 0.00405. The monoisotopic (exact) mass is 570 g/mol. The fourth-order valence-electron chi connectivity index (χ4n) is 6.82. The summed E-state index contributed by atoms with van der Waals surface area (Å²) in [6.07, 6.45) is 0.975. The molecule has 0 aliphatic carbocycles. The van der Waals surface area contributed by atoms with Crippen LogP contribution in [0.2, 0.25) is 0 Å². The Morgan fingerprint density at radius 1 is 0.905 bits per heavy atom. The van der Waals surface area contributed by atoms with Crippen LogP contribution in [0.4, 0.5) is 4.79 Å². The van der Waals surface area contributed by atoms with Crippen molar-refractivity contribution in [3.8, 4) is 11.5 Å². The number of hydrogen-bond donors (Lipinski definition) is 1. The second kappa shape index (κ2) is 11.1. The van der Waals surface area contributed by atoms with Gasteiger partial charge in [-0.3, -0.25) is 24.6 Å². The lowest BCUT2D eigenvalue weighted by molar-refractivity contribution is -0.154. The SMILES string of the molecule is COc1ccc(CC2(CN3CC4C[C@@H](C3)c3cccc(=O)n3C4)C(=O)NC(=O)N(Cc3ccccc3)C2=O)c(OC)c1. The maximum atomic E-state index is 14.5. The molecule has 3 aliphatic rings. The molecular formula is C32H34N4O6. The minimum Gasteiger partial charge on any atom is -0.497 e. The van der Waals surface area contributed by atoms with Gasteiger partial charge in [0.05, 0.1) is 20.8 Å². The molecule has 2 bridgehead atoms. The number of fused-ring (bicyclic) bond motifs is 4. The number of piperidine rings is 1. The third-order valence-corrected chi connectivity index (χ3v) is 8.77. The van der Waals surface area contributed by atoms with E-state index in [9.17, 15) is 19.2 Å². The Labute approximate surface area is 243 Å². The Morgan fingerprint density at radius 3 is 2.48 bits per heavy atom. The lowest BCUT2D eigenvalue weighted by Gasteiger charge is -2.47. The molecule has 2 fully saturated rings. The van der Waals surface area contributed by atoms with Crippen LogP contribution < -0.4 is 20.3 Å². The van der Waals surface area contributed by atoms with Crippen LogP contribution in [0.25, 0.3) is 0 Å². The largest absolute Gasteiger partial charge is 0.497 e. The van der Waals surface area contributed by atoms with Crippen molar-refractivity contribution in [2.24, 2.45) is 11.3 Å². The molecule has 0 saturated carbocycles. The molecule has 4 amide bonds. The summed E-state index contributed by atoms with van der Waals surface area (Å²) in [4.78, 5) is 57.3. The maximum absolute atomic E-state index is 14.5. The number of hydrogen-bond acceptors (Lipinski definition) is 7. The number of methoxy groups -OCH3 is 2. The number of carbonyl (C=O) groups is 3. The van der Waals surface area contributed by atoms with Gasteiger partial charge in [-0.05, 0) is 35.6 Å². The zero-order chi connectivity index (χ0) is 29.4. The summed E-state index contributed by atoms with van der Waals surface area (Å²) in [7, 11) is 3.09. The molecule has 10 nitrogen and oxygen atoms in total. The molecular weight excluding hydrogens is 536 g/mol. The first kappa shape index (κ1) is 27.7. The molecule has 3 aliphatic heterocycles.